The Labute approximate surface area is 179 Å². The number of likely N-dealkylation sites (tertiary alicyclic amines) is 1. The van der Waals surface area contributed by atoms with Gasteiger partial charge in [0.05, 0.1) is 11.6 Å². The van der Waals surface area contributed by atoms with Crippen LogP contribution < -0.4 is 5.73 Å². The van der Waals surface area contributed by atoms with Gasteiger partial charge in [-0.05, 0) is 64.4 Å². The maximum absolute atomic E-state index is 12.5. The Morgan fingerprint density at radius 3 is 2.69 bits per heavy atom. The molecule has 1 aliphatic heterocycles. The quantitative estimate of drug-likeness (QED) is 0.576. The lowest BCUT2D eigenvalue weighted by Crippen LogP contribution is -2.59. The van der Waals surface area contributed by atoms with E-state index in [2.05, 4.69) is 41.7 Å². The lowest BCUT2D eigenvalue weighted by Gasteiger charge is -2.49. The summed E-state index contributed by atoms with van der Waals surface area (Å²) in [6, 6.07) is 8.73. The second-order valence-corrected chi connectivity index (χ2v) is 9.66. The number of nitrogens with zero attached hydrogens (tertiary/aromatic N) is 2. The fraction of sp³-hybridized carbons (Fsp3) is 0.455. The smallest absolute Gasteiger partial charge is 0.408 e. The third-order valence-corrected chi connectivity index (χ3v) is 6.89. The Bertz CT molecular complexity index is 885. The molecule has 2 aromatic rings. The Morgan fingerprint density at radius 1 is 1.41 bits per heavy atom. The standard InChI is InChI=1S/C22H28BrN3O3/c1-21(2,3)22(12-14-6-7-17(24)16(23)11-14)9-8-18(26(22)20(28)29)19(27)15-5-4-10-25-13-15/h4-7,10-11,13,18-19,27H,8-9,12,24H2,1-3H3,(H,28,29)/t18-,19-,22+/m1/s1. The molecule has 0 radical (unpaired) electrons. The van der Waals surface area contributed by atoms with Crippen molar-refractivity contribution in [2.45, 2.75) is 57.7 Å². The van der Waals surface area contributed by atoms with Crippen LogP contribution in [0, 0.1) is 5.41 Å². The highest BCUT2D eigenvalue weighted by Gasteiger charge is 2.57. The number of hydrogen-bond donors (Lipinski definition) is 3. The van der Waals surface area contributed by atoms with Crippen molar-refractivity contribution in [3.05, 3.63) is 58.3 Å². The number of carboxylic acid groups (broad SMARTS) is 1. The van der Waals surface area contributed by atoms with E-state index < -0.39 is 23.8 Å². The summed E-state index contributed by atoms with van der Waals surface area (Å²) in [6.07, 6.45) is 3.07. The van der Waals surface area contributed by atoms with E-state index in [-0.39, 0.29) is 5.41 Å². The normalized spacial score (nSPS) is 23.2. The van der Waals surface area contributed by atoms with Gasteiger partial charge in [0.2, 0.25) is 0 Å². The van der Waals surface area contributed by atoms with Crippen LogP contribution in [0.1, 0.15) is 50.8 Å². The van der Waals surface area contributed by atoms with Crippen molar-refractivity contribution in [2.75, 3.05) is 5.73 Å². The van der Waals surface area contributed by atoms with E-state index in [0.717, 1.165) is 10.0 Å². The van der Waals surface area contributed by atoms with Crippen LogP contribution in [-0.4, -0.2) is 37.8 Å². The largest absolute Gasteiger partial charge is 0.465 e. The van der Waals surface area contributed by atoms with Crippen molar-refractivity contribution in [3.63, 3.8) is 0 Å². The molecule has 1 aromatic heterocycles. The van der Waals surface area contributed by atoms with Crippen LogP contribution >= 0.6 is 15.9 Å². The van der Waals surface area contributed by atoms with E-state index in [0.29, 0.717) is 30.5 Å². The number of hydrogen-bond acceptors (Lipinski definition) is 4. The van der Waals surface area contributed by atoms with E-state index in [9.17, 15) is 15.0 Å². The average Bonchev–Trinajstić information content (AvgIpc) is 3.05. The van der Waals surface area contributed by atoms with Crippen LogP contribution in [0.5, 0.6) is 0 Å². The molecule has 1 fully saturated rings. The molecule has 3 rings (SSSR count). The van der Waals surface area contributed by atoms with Gasteiger partial charge in [0.15, 0.2) is 0 Å². The highest BCUT2D eigenvalue weighted by molar-refractivity contribution is 9.10. The van der Waals surface area contributed by atoms with E-state index in [1.807, 2.05) is 18.2 Å². The minimum absolute atomic E-state index is 0.345. The number of anilines is 1. The first kappa shape index (κ1) is 21.6. The van der Waals surface area contributed by atoms with Crippen LogP contribution in [0.4, 0.5) is 10.5 Å². The van der Waals surface area contributed by atoms with Gasteiger partial charge in [-0.1, -0.05) is 32.9 Å². The molecule has 6 nitrogen and oxygen atoms in total. The molecule has 4 N–H and O–H groups in total. The lowest BCUT2D eigenvalue weighted by atomic mass is 9.68. The Hall–Kier alpha value is -2.12. The first-order chi connectivity index (χ1) is 13.6. The molecule has 156 valence electrons. The van der Waals surface area contributed by atoms with Gasteiger partial charge in [0, 0.05) is 28.1 Å². The Morgan fingerprint density at radius 2 is 2.14 bits per heavy atom. The second kappa shape index (κ2) is 7.95. The number of aliphatic hydroxyl groups excluding tert-OH is 1. The molecule has 3 atom stereocenters. The maximum Gasteiger partial charge on any atom is 0.408 e. The lowest BCUT2D eigenvalue weighted by molar-refractivity contribution is -0.0178. The van der Waals surface area contributed by atoms with E-state index in [1.54, 1.807) is 24.5 Å². The third-order valence-electron chi connectivity index (χ3n) is 6.20. The second-order valence-electron chi connectivity index (χ2n) is 8.80. The van der Waals surface area contributed by atoms with Crippen LogP contribution in [0.25, 0.3) is 0 Å². The maximum atomic E-state index is 12.5. The Balaban J connectivity index is 2.03. The van der Waals surface area contributed by atoms with Crippen molar-refractivity contribution in [1.82, 2.24) is 9.88 Å². The summed E-state index contributed by atoms with van der Waals surface area (Å²) in [6.45, 7) is 6.19. The fourth-order valence-corrected chi connectivity index (χ4v) is 4.97. The van der Waals surface area contributed by atoms with Gasteiger partial charge in [-0.25, -0.2) is 4.79 Å². The van der Waals surface area contributed by atoms with Crippen molar-refractivity contribution in [3.8, 4) is 0 Å². The predicted octanol–water partition coefficient (Wildman–Crippen LogP) is 4.63. The number of rotatable bonds is 4. The van der Waals surface area contributed by atoms with Gasteiger partial charge >= 0.3 is 6.09 Å². The van der Waals surface area contributed by atoms with Crippen molar-refractivity contribution < 1.29 is 15.0 Å². The van der Waals surface area contributed by atoms with Crippen molar-refractivity contribution >= 4 is 27.7 Å². The molecule has 0 bridgehead atoms. The SMILES string of the molecule is CC(C)(C)[C@@]1(Cc2ccc(N)c(Br)c2)CC[C@H]([C@H](O)c2cccnc2)N1C(=O)O. The summed E-state index contributed by atoms with van der Waals surface area (Å²) >= 11 is 3.47. The molecule has 29 heavy (non-hydrogen) atoms. The van der Waals surface area contributed by atoms with Crippen LogP contribution in [0.15, 0.2) is 47.2 Å². The molecular weight excluding hydrogens is 434 g/mol. The molecule has 1 amide bonds. The zero-order valence-corrected chi connectivity index (χ0v) is 18.6. The number of carbonyl (C=O) groups is 1. The summed E-state index contributed by atoms with van der Waals surface area (Å²) in [7, 11) is 0. The number of halogens is 1. The number of aromatic nitrogens is 1. The third kappa shape index (κ3) is 3.98. The predicted molar refractivity (Wildman–Crippen MR) is 117 cm³/mol. The molecular formula is C22H28BrN3O3. The molecule has 0 saturated carbocycles. The van der Waals surface area contributed by atoms with Gasteiger partial charge in [0.25, 0.3) is 0 Å². The number of amides is 1. The van der Waals surface area contributed by atoms with E-state index >= 15 is 0 Å². The number of nitrogens with two attached hydrogens (primary N) is 1. The summed E-state index contributed by atoms with van der Waals surface area (Å²) < 4.78 is 0.797. The van der Waals surface area contributed by atoms with Crippen LogP contribution in [0.3, 0.4) is 0 Å². The number of aliphatic hydroxyl groups is 1. The average molecular weight is 462 g/mol. The van der Waals surface area contributed by atoms with Crippen molar-refractivity contribution in [1.29, 1.82) is 0 Å². The van der Waals surface area contributed by atoms with E-state index in [1.165, 1.54) is 4.90 Å². The summed E-state index contributed by atoms with van der Waals surface area (Å²) in [4.78, 5) is 18.1. The minimum Gasteiger partial charge on any atom is -0.465 e. The molecule has 2 heterocycles. The first-order valence-electron chi connectivity index (χ1n) is 9.71. The summed E-state index contributed by atoms with van der Waals surface area (Å²) in [5, 5.41) is 21.2. The van der Waals surface area contributed by atoms with E-state index in [4.69, 9.17) is 5.73 Å². The summed E-state index contributed by atoms with van der Waals surface area (Å²) in [5.74, 6) is 0. The highest BCUT2D eigenvalue weighted by atomic mass is 79.9. The van der Waals surface area contributed by atoms with Gasteiger partial charge in [-0.2, -0.15) is 0 Å². The highest BCUT2D eigenvalue weighted by Crippen LogP contribution is 2.50. The number of nitrogen functional groups attached to an aromatic ring is 1. The number of benzene rings is 1. The molecule has 1 aliphatic rings. The summed E-state index contributed by atoms with van der Waals surface area (Å²) in [5.41, 5.74) is 7.19. The van der Waals surface area contributed by atoms with Gasteiger partial charge < -0.3 is 15.9 Å². The van der Waals surface area contributed by atoms with Crippen LogP contribution in [0.2, 0.25) is 0 Å². The zero-order chi connectivity index (χ0) is 21.4. The molecule has 7 heteroatoms. The molecule has 0 spiro atoms. The minimum atomic E-state index is -1.01. The molecule has 0 aliphatic carbocycles. The molecule has 1 aromatic carbocycles. The molecule has 1 saturated heterocycles. The molecule has 0 unspecified atom stereocenters. The van der Waals surface area contributed by atoms with Gasteiger partial charge in [0.1, 0.15) is 6.10 Å². The first-order valence-corrected chi connectivity index (χ1v) is 10.5. The van der Waals surface area contributed by atoms with Crippen molar-refractivity contribution in [2.24, 2.45) is 5.41 Å². The fourth-order valence-electron chi connectivity index (χ4n) is 4.54. The van der Waals surface area contributed by atoms with Crippen LogP contribution in [-0.2, 0) is 6.42 Å². The monoisotopic (exact) mass is 461 g/mol. The van der Waals surface area contributed by atoms with Gasteiger partial charge in [-0.3, -0.25) is 9.88 Å². The zero-order valence-electron chi connectivity index (χ0n) is 17.0. The number of pyridine rings is 1. The van der Waals surface area contributed by atoms with Gasteiger partial charge in [-0.15, -0.1) is 0 Å². The Kier molecular flexibility index (Phi) is 5.92. The topological polar surface area (TPSA) is 99.7 Å².